The second-order valence-corrected chi connectivity index (χ2v) is 7.20. The van der Waals surface area contributed by atoms with Crippen LogP contribution in [0.4, 0.5) is 13.2 Å². The van der Waals surface area contributed by atoms with Crippen molar-refractivity contribution in [2.45, 2.75) is 46.7 Å². The SMILES string of the molecule is CC(C)CN(CC(=O)N1CCCC(C(F)(F)F)C1)CC(C)C. The van der Waals surface area contributed by atoms with Gasteiger partial charge in [-0.1, -0.05) is 27.7 Å². The molecule has 22 heavy (non-hydrogen) atoms. The van der Waals surface area contributed by atoms with Gasteiger partial charge in [-0.3, -0.25) is 9.69 Å². The molecule has 0 saturated carbocycles. The number of hydrogen-bond acceptors (Lipinski definition) is 2. The summed E-state index contributed by atoms with van der Waals surface area (Å²) in [5.41, 5.74) is 0. The highest BCUT2D eigenvalue weighted by atomic mass is 19.4. The highest BCUT2D eigenvalue weighted by molar-refractivity contribution is 5.78. The number of hydrogen-bond donors (Lipinski definition) is 0. The molecule has 0 aromatic heterocycles. The van der Waals surface area contributed by atoms with Gasteiger partial charge in [-0.2, -0.15) is 13.2 Å². The van der Waals surface area contributed by atoms with Crippen molar-refractivity contribution in [1.82, 2.24) is 9.80 Å². The van der Waals surface area contributed by atoms with E-state index in [9.17, 15) is 18.0 Å². The van der Waals surface area contributed by atoms with Gasteiger partial charge in [-0.15, -0.1) is 0 Å². The molecule has 1 heterocycles. The smallest absolute Gasteiger partial charge is 0.341 e. The number of rotatable bonds is 6. The topological polar surface area (TPSA) is 23.6 Å². The van der Waals surface area contributed by atoms with E-state index in [0.29, 0.717) is 24.8 Å². The van der Waals surface area contributed by atoms with Crippen LogP contribution in [0.25, 0.3) is 0 Å². The Bertz CT molecular complexity index is 346. The molecule has 0 spiro atoms. The zero-order valence-corrected chi connectivity index (χ0v) is 14.1. The summed E-state index contributed by atoms with van der Waals surface area (Å²) in [5, 5.41) is 0. The van der Waals surface area contributed by atoms with Crippen LogP contribution in [0.15, 0.2) is 0 Å². The minimum Gasteiger partial charge on any atom is -0.341 e. The highest BCUT2D eigenvalue weighted by Crippen LogP contribution is 2.33. The largest absolute Gasteiger partial charge is 0.393 e. The standard InChI is InChI=1S/C16H29F3N2O/c1-12(2)8-20(9-13(3)4)11-15(22)21-7-5-6-14(10-21)16(17,18)19/h12-14H,5-11H2,1-4H3. The van der Waals surface area contributed by atoms with Crippen molar-refractivity contribution in [3.63, 3.8) is 0 Å². The average molecular weight is 322 g/mol. The molecule has 1 fully saturated rings. The summed E-state index contributed by atoms with van der Waals surface area (Å²) < 4.78 is 38.5. The maximum absolute atomic E-state index is 12.8. The lowest BCUT2D eigenvalue weighted by molar-refractivity contribution is -0.188. The summed E-state index contributed by atoms with van der Waals surface area (Å²) in [7, 11) is 0. The van der Waals surface area contributed by atoms with Crippen molar-refractivity contribution < 1.29 is 18.0 Å². The zero-order valence-electron chi connectivity index (χ0n) is 14.1. The Morgan fingerprint density at radius 1 is 1.18 bits per heavy atom. The molecule has 6 heteroatoms. The monoisotopic (exact) mass is 322 g/mol. The number of likely N-dealkylation sites (tertiary alicyclic amines) is 1. The van der Waals surface area contributed by atoms with Gasteiger partial charge in [-0.25, -0.2) is 0 Å². The lowest BCUT2D eigenvalue weighted by Gasteiger charge is -2.35. The van der Waals surface area contributed by atoms with Crippen LogP contribution in [0, 0.1) is 17.8 Å². The number of piperidine rings is 1. The molecular weight excluding hydrogens is 293 g/mol. The molecule has 1 aliphatic rings. The highest BCUT2D eigenvalue weighted by Gasteiger charge is 2.42. The van der Waals surface area contributed by atoms with Gasteiger partial charge in [-0.05, 0) is 24.7 Å². The minimum atomic E-state index is -4.20. The van der Waals surface area contributed by atoms with Crippen LogP contribution in [-0.2, 0) is 4.79 Å². The molecule has 3 nitrogen and oxygen atoms in total. The van der Waals surface area contributed by atoms with Crippen molar-refractivity contribution in [3.05, 3.63) is 0 Å². The molecule has 0 bridgehead atoms. The summed E-state index contributed by atoms with van der Waals surface area (Å²) in [4.78, 5) is 15.8. The van der Waals surface area contributed by atoms with Crippen molar-refractivity contribution in [1.29, 1.82) is 0 Å². The number of amides is 1. The first kappa shape index (κ1) is 19.3. The van der Waals surface area contributed by atoms with Crippen LogP contribution in [0.3, 0.4) is 0 Å². The second-order valence-electron chi connectivity index (χ2n) is 7.20. The van der Waals surface area contributed by atoms with Gasteiger partial charge in [0.05, 0.1) is 12.5 Å². The number of nitrogens with zero attached hydrogens (tertiary/aromatic N) is 2. The molecular formula is C16H29F3N2O. The van der Waals surface area contributed by atoms with Crippen LogP contribution < -0.4 is 0 Å². The molecule has 0 aromatic rings. The van der Waals surface area contributed by atoms with Crippen LogP contribution in [0.5, 0.6) is 0 Å². The third-order valence-electron chi connectivity index (χ3n) is 3.84. The summed E-state index contributed by atoms with van der Waals surface area (Å²) in [6, 6.07) is 0. The van der Waals surface area contributed by atoms with Crippen LogP contribution >= 0.6 is 0 Å². The quantitative estimate of drug-likeness (QED) is 0.748. The van der Waals surface area contributed by atoms with E-state index in [4.69, 9.17) is 0 Å². The molecule has 0 radical (unpaired) electrons. The Labute approximate surface area is 131 Å². The van der Waals surface area contributed by atoms with E-state index in [0.717, 1.165) is 13.1 Å². The van der Waals surface area contributed by atoms with Crippen molar-refractivity contribution in [3.8, 4) is 0 Å². The molecule has 0 aromatic carbocycles. The van der Waals surface area contributed by atoms with Gasteiger partial charge >= 0.3 is 6.18 Å². The van der Waals surface area contributed by atoms with Crippen molar-refractivity contribution >= 4 is 5.91 Å². The first-order chi connectivity index (χ1) is 10.1. The van der Waals surface area contributed by atoms with E-state index in [2.05, 4.69) is 32.6 Å². The second kappa shape index (κ2) is 8.18. The predicted molar refractivity (Wildman–Crippen MR) is 81.5 cm³/mol. The Balaban J connectivity index is 2.60. The van der Waals surface area contributed by atoms with E-state index in [1.807, 2.05) is 0 Å². The number of carbonyl (C=O) groups is 1. The van der Waals surface area contributed by atoms with E-state index >= 15 is 0 Å². The van der Waals surface area contributed by atoms with Gasteiger partial charge in [0.15, 0.2) is 0 Å². The van der Waals surface area contributed by atoms with E-state index < -0.39 is 12.1 Å². The van der Waals surface area contributed by atoms with Crippen LogP contribution in [0.2, 0.25) is 0 Å². The number of halogens is 3. The molecule has 1 amide bonds. The van der Waals surface area contributed by atoms with Gasteiger partial charge in [0.25, 0.3) is 0 Å². The molecule has 1 rings (SSSR count). The van der Waals surface area contributed by atoms with E-state index in [1.54, 1.807) is 0 Å². The lowest BCUT2D eigenvalue weighted by Crippen LogP contribution is -2.48. The Kier molecular flexibility index (Phi) is 7.16. The van der Waals surface area contributed by atoms with E-state index in [-0.39, 0.29) is 25.4 Å². The maximum Gasteiger partial charge on any atom is 0.393 e. The molecule has 0 N–H and O–H groups in total. The lowest BCUT2D eigenvalue weighted by atomic mass is 9.97. The Morgan fingerprint density at radius 2 is 1.73 bits per heavy atom. The van der Waals surface area contributed by atoms with Gasteiger partial charge in [0, 0.05) is 26.2 Å². The van der Waals surface area contributed by atoms with Crippen LogP contribution in [0.1, 0.15) is 40.5 Å². The normalized spacial score (nSPS) is 20.3. The van der Waals surface area contributed by atoms with Gasteiger partial charge < -0.3 is 4.90 Å². The average Bonchev–Trinajstić information content (AvgIpc) is 2.36. The number of carbonyl (C=O) groups excluding carboxylic acids is 1. The van der Waals surface area contributed by atoms with E-state index in [1.165, 1.54) is 4.90 Å². The Hall–Kier alpha value is -0.780. The fraction of sp³-hybridized carbons (Fsp3) is 0.938. The molecule has 1 atom stereocenters. The predicted octanol–water partition coefficient (Wildman–Crippen LogP) is 3.40. The minimum absolute atomic E-state index is 0.134. The molecule has 130 valence electrons. The maximum atomic E-state index is 12.8. The first-order valence-electron chi connectivity index (χ1n) is 8.16. The summed E-state index contributed by atoms with van der Waals surface area (Å²) in [6.07, 6.45) is -3.63. The zero-order chi connectivity index (χ0) is 16.9. The first-order valence-corrected chi connectivity index (χ1v) is 8.16. The van der Waals surface area contributed by atoms with Crippen molar-refractivity contribution in [2.24, 2.45) is 17.8 Å². The molecule has 1 saturated heterocycles. The Morgan fingerprint density at radius 3 is 2.18 bits per heavy atom. The molecule has 0 aliphatic carbocycles. The fourth-order valence-electron chi connectivity index (χ4n) is 3.00. The van der Waals surface area contributed by atoms with Gasteiger partial charge in [0.1, 0.15) is 0 Å². The van der Waals surface area contributed by atoms with Crippen molar-refractivity contribution in [2.75, 3.05) is 32.7 Å². The third kappa shape index (κ3) is 6.55. The number of alkyl halides is 3. The van der Waals surface area contributed by atoms with Crippen LogP contribution in [-0.4, -0.2) is 54.6 Å². The fourth-order valence-corrected chi connectivity index (χ4v) is 3.00. The summed E-state index contributed by atoms with van der Waals surface area (Å²) in [6.45, 7) is 10.4. The summed E-state index contributed by atoms with van der Waals surface area (Å²) >= 11 is 0. The summed E-state index contributed by atoms with van der Waals surface area (Å²) in [5.74, 6) is -0.684. The molecule has 1 aliphatic heterocycles. The van der Waals surface area contributed by atoms with Gasteiger partial charge in [0.2, 0.25) is 5.91 Å². The third-order valence-corrected chi connectivity index (χ3v) is 3.84. The molecule has 1 unspecified atom stereocenters.